The van der Waals surface area contributed by atoms with Gasteiger partial charge in [0.1, 0.15) is 12.7 Å². The van der Waals surface area contributed by atoms with E-state index in [1.165, 1.54) is 0 Å². The first-order chi connectivity index (χ1) is 11.3. The molecule has 0 bridgehead atoms. The van der Waals surface area contributed by atoms with Gasteiger partial charge in [0.05, 0.1) is 6.54 Å². The van der Waals surface area contributed by atoms with E-state index in [0.717, 1.165) is 43.4 Å². The molecular formula is C16H23N5O2. The number of hydrogen-bond acceptors (Lipinski definition) is 6. The van der Waals surface area contributed by atoms with Crippen molar-refractivity contribution in [2.45, 2.75) is 39.5 Å². The highest BCUT2D eigenvalue weighted by Crippen LogP contribution is 2.31. The van der Waals surface area contributed by atoms with Crippen LogP contribution in [0.25, 0.3) is 0 Å². The average molecular weight is 317 g/mol. The van der Waals surface area contributed by atoms with Crippen molar-refractivity contribution in [2.75, 3.05) is 19.7 Å². The first kappa shape index (κ1) is 15.7. The van der Waals surface area contributed by atoms with Crippen LogP contribution in [0.15, 0.2) is 24.3 Å². The minimum atomic E-state index is 0.0142. The molecule has 0 amide bonds. The maximum absolute atomic E-state index is 6.04. The number of nitrogens with zero attached hydrogens (tertiary/aromatic N) is 5. The van der Waals surface area contributed by atoms with Crippen LogP contribution in [0.5, 0.6) is 11.5 Å². The van der Waals surface area contributed by atoms with Gasteiger partial charge in [-0.25, -0.2) is 4.68 Å². The van der Waals surface area contributed by atoms with Crippen LogP contribution >= 0.6 is 0 Å². The molecule has 124 valence electrons. The van der Waals surface area contributed by atoms with Crippen LogP contribution in [0.2, 0.25) is 0 Å². The van der Waals surface area contributed by atoms with Gasteiger partial charge < -0.3 is 9.47 Å². The maximum Gasteiger partial charge on any atom is 0.165 e. The average Bonchev–Trinajstić information content (AvgIpc) is 3.01. The topological polar surface area (TPSA) is 65.3 Å². The summed E-state index contributed by atoms with van der Waals surface area (Å²) in [6, 6.07) is 7.79. The van der Waals surface area contributed by atoms with E-state index in [1.54, 1.807) is 0 Å². The summed E-state index contributed by atoms with van der Waals surface area (Å²) in [7, 11) is 0. The zero-order valence-electron chi connectivity index (χ0n) is 13.7. The number of likely N-dealkylation sites (N-methyl/N-ethyl adjacent to an activating group) is 1. The Morgan fingerprint density at radius 1 is 1.26 bits per heavy atom. The molecule has 0 aliphatic carbocycles. The van der Waals surface area contributed by atoms with Gasteiger partial charge in [0.25, 0.3) is 0 Å². The fraction of sp³-hybridized carbons (Fsp3) is 0.562. The van der Waals surface area contributed by atoms with E-state index in [4.69, 9.17) is 9.47 Å². The second-order valence-corrected chi connectivity index (χ2v) is 5.64. The molecule has 1 aliphatic rings. The third-order valence-corrected chi connectivity index (χ3v) is 3.88. The summed E-state index contributed by atoms with van der Waals surface area (Å²) in [5.74, 6) is 2.53. The number of aromatic nitrogens is 4. The van der Waals surface area contributed by atoms with Crippen molar-refractivity contribution in [1.82, 2.24) is 25.1 Å². The van der Waals surface area contributed by atoms with Crippen LogP contribution in [-0.4, -0.2) is 50.9 Å². The standard InChI is InChI=1S/C16H23N5O2/c1-3-9-21-16(17-18-19-21)11-20(4-2)10-13-12-22-14-7-5-6-8-15(14)23-13/h5-8,13H,3-4,9-12H2,1-2H3/t13-/m0/s1. The van der Waals surface area contributed by atoms with E-state index in [9.17, 15) is 0 Å². The molecule has 0 unspecified atom stereocenters. The molecule has 2 aromatic rings. The van der Waals surface area contributed by atoms with Gasteiger partial charge in [-0.3, -0.25) is 4.90 Å². The number of aryl methyl sites for hydroxylation is 1. The Kier molecular flexibility index (Phi) is 5.07. The first-order valence-corrected chi connectivity index (χ1v) is 8.16. The number of ether oxygens (including phenoxy) is 2. The van der Waals surface area contributed by atoms with E-state index < -0.39 is 0 Å². The van der Waals surface area contributed by atoms with Crippen molar-refractivity contribution in [2.24, 2.45) is 0 Å². The van der Waals surface area contributed by atoms with E-state index in [1.807, 2.05) is 28.9 Å². The first-order valence-electron chi connectivity index (χ1n) is 8.16. The fourth-order valence-corrected chi connectivity index (χ4v) is 2.67. The van der Waals surface area contributed by atoms with Gasteiger partial charge in [-0.2, -0.15) is 0 Å². The number of para-hydroxylation sites is 2. The molecule has 0 spiro atoms. The molecule has 0 saturated heterocycles. The van der Waals surface area contributed by atoms with Crippen LogP contribution in [0, 0.1) is 0 Å². The summed E-state index contributed by atoms with van der Waals surface area (Å²) in [4.78, 5) is 2.28. The molecule has 0 N–H and O–H groups in total. The molecule has 1 aromatic carbocycles. The number of tetrazole rings is 1. The highest BCUT2D eigenvalue weighted by Gasteiger charge is 2.23. The van der Waals surface area contributed by atoms with Gasteiger partial charge in [-0.1, -0.05) is 26.0 Å². The van der Waals surface area contributed by atoms with Crippen molar-refractivity contribution in [1.29, 1.82) is 0 Å². The van der Waals surface area contributed by atoms with Crippen LogP contribution in [-0.2, 0) is 13.1 Å². The largest absolute Gasteiger partial charge is 0.486 e. The molecule has 1 aliphatic heterocycles. The van der Waals surface area contributed by atoms with Gasteiger partial charge in [0.15, 0.2) is 17.3 Å². The van der Waals surface area contributed by atoms with Gasteiger partial charge in [0, 0.05) is 13.1 Å². The van der Waals surface area contributed by atoms with Crippen molar-refractivity contribution in [3.63, 3.8) is 0 Å². The molecule has 0 fully saturated rings. The Hall–Kier alpha value is -2.15. The third-order valence-electron chi connectivity index (χ3n) is 3.88. The Labute approximate surface area is 136 Å². The van der Waals surface area contributed by atoms with Gasteiger partial charge in [-0.05, 0) is 35.5 Å². The van der Waals surface area contributed by atoms with Crippen molar-refractivity contribution in [3.05, 3.63) is 30.1 Å². The summed E-state index contributed by atoms with van der Waals surface area (Å²) in [6.07, 6.45) is 1.03. The van der Waals surface area contributed by atoms with Crippen LogP contribution < -0.4 is 9.47 Å². The Balaban J connectivity index is 1.61. The smallest absolute Gasteiger partial charge is 0.165 e. The molecule has 7 nitrogen and oxygen atoms in total. The highest BCUT2D eigenvalue weighted by molar-refractivity contribution is 5.40. The maximum atomic E-state index is 6.04. The molecule has 2 heterocycles. The fourth-order valence-electron chi connectivity index (χ4n) is 2.67. The predicted molar refractivity (Wildman–Crippen MR) is 85.4 cm³/mol. The lowest BCUT2D eigenvalue weighted by molar-refractivity contribution is 0.0569. The second-order valence-electron chi connectivity index (χ2n) is 5.64. The predicted octanol–water partition coefficient (Wildman–Crippen LogP) is 1.74. The Morgan fingerprint density at radius 3 is 2.87 bits per heavy atom. The van der Waals surface area contributed by atoms with Crippen molar-refractivity contribution >= 4 is 0 Å². The highest BCUT2D eigenvalue weighted by atomic mass is 16.6. The third kappa shape index (κ3) is 3.79. The Bertz CT molecular complexity index is 630. The zero-order valence-corrected chi connectivity index (χ0v) is 13.7. The molecule has 0 saturated carbocycles. The van der Waals surface area contributed by atoms with Crippen molar-refractivity contribution < 1.29 is 9.47 Å². The van der Waals surface area contributed by atoms with Gasteiger partial charge in [-0.15, -0.1) is 5.10 Å². The van der Waals surface area contributed by atoms with E-state index in [-0.39, 0.29) is 6.10 Å². The molecule has 7 heteroatoms. The Morgan fingerprint density at radius 2 is 2.09 bits per heavy atom. The van der Waals surface area contributed by atoms with E-state index >= 15 is 0 Å². The van der Waals surface area contributed by atoms with Crippen LogP contribution in [0.4, 0.5) is 0 Å². The minimum Gasteiger partial charge on any atom is -0.486 e. The lowest BCUT2D eigenvalue weighted by Crippen LogP contribution is -2.41. The molecule has 0 radical (unpaired) electrons. The zero-order chi connectivity index (χ0) is 16.1. The number of fused-ring (bicyclic) bond motifs is 1. The number of benzene rings is 1. The number of rotatable bonds is 7. The lowest BCUT2D eigenvalue weighted by atomic mass is 10.2. The van der Waals surface area contributed by atoms with Gasteiger partial charge >= 0.3 is 0 Å². The quantitative estimate of drug-likeness (QED) is 0.775. The van der Waals surface area contributed by atoms with Crippen LogP contribution in [0.1, 0.15) is 26.1 Å². The van der Waals surface area contributed by atoms with Crippen LogP contribution in [0.3, 0.4) is 0 Å². The SMILES string of the molecule is CCCn1nnnc1CN(CC)C[C@H]1COc2ccccc2O1. The number of hydrogen-bond donors (Lipinski definition) is 0. The molecular weight excluding hydrogens is 294 g/mol. The summed E-state index contributed by atoms with van der Waals surface area (Å²) < 4.78 is 13.7. The molecule has 3 rings (SSSR count). The van der Waals surface area contributed by atoms with E-state index in [2.05, 4.69) is 34.3 Å². The summed E-state index contributed by atoms with van der Waals surface area (Å²) >= 11 is 0. The van der Waals surface area contributed by atoms with Gasteiger partial charge in [0.2, 0.25) is 0 Å². The second kappa shape index (κ2) is 7.41. The molecule has 23 heavy (non-hydrogen) atoms. The lowest BCUT2D eigenvalue weighted by Gasteiger charge is -2.30. The van der Waals surface area contributed by atoms with E-state index in [0.29, 0.717) is 13.2 Å². The molecule has 1 aromatic heterocycles. The summed E-state index contributed by atoms with van der Waals surface area (Å²) in [5.41, 5.74) is 0. The monoisotopic (exact) mass is 317 g/mol. The summed E-state index contributed by atoms with van der Waals surface area (Å²) in [5, 5.41) is 12.0. The van der Waals surface area contributed by atoms with Crippen molar-refractivity contribution in [3.8, 4) is 11.5 Å². The summed E-state index contributed by atoms with van der Waals surface area (Å²) in [6.45, 7) is 8.05. The minimum absolute atomic E-state index is 0.0142. The molecule has 1 atom stereocenters. The normalized spacial score (nSPS) is 16.7.